The van der Waals surface area contributed by atoms with Crippen LogP contribution in [0.2, 0.25) is 0 Å². The van der Waals surface area contributed by atoms with E-state index in [0.29, 0.717) is 5.56 Å². The minimum atomic E-state index is -4.36. The van der Waals surface area contributed by atoms with E-state index in [1.807, 2.05) is 0 Å². The highest BCUT2D eigenvalue weighted by molar-refractivity contribution is 5.64. The molecule has 9 heteroatoms. The molecule has 0 spiro atoms. The molecule has 1 aromatic heterocycles. The number of aromatic hydroxyl groups is 1. The maximum Gasteiger partial charge on any atom is 0.411 e. The lowest BCUT2D eigenvalue weighted by atomic mass is 10.2. The highest BCUT2D eigenvalue weighted by Gasteiger charge is 2.27. The summed E-state index contributed by atoms with van der Waals surface area (Å²) in [4.78, 5) is 4.01. The predicted octanol–water partition coefficient (Wildman–Crippen LogP) is 2.15. The molecular weight excluding hydrogens is 291 g/mol. The Morgan fingerprint density at radius 2 is 2.10 bits per heavy atom. The van der Waals surface area contributed by atoms with Crippen LogP contribution >= 0.6 is 0 Å². The molecule has 1 aromatic carbocycles. The van der Waals surface area contributed by atoms with Gasteiger partial charge >= 0.3 is 6.18 Å². The van der Waals surface area contributed by atoms with Gasteiger partial charge in [-0.15, -0.1) is 0 Å². The third-order valence-corrected chi connectivity index (χ3v) is 2.48. The smallest absolute Gasteiger partial charge is 0.411 e. The molecule has 0 fully saturated rings. The first-order valence-electron chi connectivity index (χ1n) is 5.91. The number of nitrogen functional groups attached to an aromatic ring is 1. The fourth-order valence-electron chi connectivity index (χ4n) is 1.51. The van der Waals surface area contributed by atoms with Crippen molar-refractivity contribution in [3.8, 4) is 17.2 Å². The summed E-state index contributed by atoms with van der Waals surface area (Å²) >= 11 is 0. The molecule has 0 bridgehead atoms. The zero-order valence-electron chi connectivity index (χ0n) is 10.7. The first-order valence-corrected chi connectivity index (χ1v) is 5.91. The van der Waals surface area contributed by atoms with Crippen LogP contribution in [0.25, 0.3) is 11.5 Å². The average molecular weight is 303 g/mol. The molecule has 2 rings (SSSR count). The zero-order valence-corrected chi connectivity index (χ0v) is 10.7. The zero-order chi connectivity index (χ0) is 15.5. The summed E-state index contributed by atoms with van der Waals surface area (Å²) < 4.78 is 45.0. The van der Waals surface area contributed by atoms with Gasteiger partial charge in [-0.05, 0) is 18.2 Å². The first-order chi connectivity index (χ1) is 9.85. The second kappa shape index (κ2) is 6.00. The van der Waals surface area contributed by atoms with Gasteiger partial charge in [0.2, 0.25) is 0 Å². The van der Waals surface area contributed by atoms with Crippen LogP contribution in [0.4, 0.5) is 18.9 Å². The minimum absolute atomic E-state index is 0.0703. The number of phenols is 1. The number of hydrogen-bond acceptors (Lipinski definition) is 6. The molecular formula is C12H12F3N3O3. The monoisotopic (exact) mass is 303 g/mol. The van der Waals surface area contributed by atoms with Crippen LogP contribution in [0.1, 0.15) is 5.82 Å². The topological polar surface area (TPSA) is 94.4 Å². The number of benzene rings is 1. The van der Waals surface area contributed by atoms with Crippen molar-refractivity contribution < 1.29 is 27.5 Å². The highest BCUT2D eigenvalue weighted by atomic mass is 19.4. The van der Waals surface area contributed by atoms with Crippen LogP contribution in [0.15, 0.2) is 22.7 Å². The largest absolute Gasteiger partial charge is 0.506 e. The quantitative estimate of drug-likeness (QED) is 0.499. The molecule has 0 unspecified atom stereocenters. The fraction of sp³-hybridized carbons (Fsp3) is 0.333. The van der Waals surface area contributed by atoms with E-state index in [0.717, 1.165) is 0 Å². The van der Waals surface area contributed by atoms with Crippen molar-refractivity contribution in [3.05, 3.63) is 24.0 Å². The molecule has 114 valence electrons. The van der Waals surface area contributed by atoms with E-state index in [-0.39, 0.29) is 36.2 Å². The van der Waals surface area contributed by atoms with Crippen LogP contribution in [-0.4, -0.2) is 34.6 Å². The van der Waals surface area contributed by atoms with E-state index in [2.05, 4.69) is 14.9 Å². The molecule has 1 heterocycles. The van der Waals surface area contributed by atoms with Gasteiger partial charge in [-0.2, -0.15) is 18.2 Å². The van der Waals surface area contributed by atoms with Crippen molar-refractivity contribution in [1.29, 1.82) is 0 Å². The van der Waals surface area contributed by atoms with Gasteiger partial charge in [0, 0.05) is 12.0 Å². The predicted molar refractivity (Wildman–Crippen MR) is 66.4 cm³/mol. The number of halogens is 3. The number of anilines is 1. The summed E-state index contributed by atoms with van der Waals surface area (Å²) in [6.45, 7) is -1.48. The SMILES string of the molecule is Nc1cc(-c2nc(CCOCC(F)(F)F)no2)ccc1O. The number of hydrogen-bond donors (Lipinski definition) is 2. The molecule has 2 aromatic rings. The third kappa shape index (κ3) is 4.35. The van der Waals surface area contributed by atoms with E-state index in [1.54, 1.807) is 0 Å². The maximum atomic E-state index is 11.9. The van der Waals surface area contributed by atoms with Crippen LogP contribution < -0.4 is 5.73 Å². The van der Waals surface area contributed by atoms with Crippen LogP contribution in [0.3, 0.4) is 0 Å². The summed E-state index contributed by atoms with van der Waals surface area (Å²) in [6.07, 6.45) is -4.26. The van der Waals surface area contributed by atoms with E-state index >= 15 is 0 Å². The molecule has 3 N–H and O–H groups in total. The summed E-state index contributed by atoms with van der Waals surface area (Å²) in [6, 6.07) is 4.36. The van der Waals surface area contributed by atoms with Crippen LogP contribution in [-0.2, 0) is 11.2 Å². The molecule has 6 nitrogen and oxygen atoms in total. The van der Waals surface area contributed by atoms with Gasteiger partial charge in [-0.25, -0.2) is 0 Å². The average Bonchev–Trinajstić information content (AvgIpc) is 2.86. The van der Waals surface area contributed by atoms with Gasteiger partial charge in [-0.3, -0.25) is 0 Å². The lowest BCUT2D eigenvalue weighted by Crippen LogP contribution is -2.18. The molecule has 0 radical (unpaired) electrons. The van der Waals surface area contributed by atoms with Gasteiger partial charge in [-0.1, -0.05) is 5.16 Å². The van der Waals surface area contributed by atoms with Crippen molar-refractivity contribution in [1.82, 2.24) is 10.1 Å². The Hall–Kier alpha value is -2.29. The van der Waals surface area contributed by atoms with Gasteiger partial charge in [0.05, 0.1) is 12.3 Å². The number of nitrogens with zero attached hydrogens (tertiary/aromatic N) is 2. The Balaban J connectivity index is 1.93. The van der Waals surface area contributed by atoms with Gasteiger partial charge in [0.1, 0.15) is 12.4 Å². The molecule has 0 saturated heterocycles. The lowest BCUT2D eigenvalue weighted by Gasteiger charge is -2.05. The number of nitrogens with two attached hydrogens (primary N) is 1. The maximum absolute atomic E-state index is 11.9. The molecule has 0 aliphatic heterocycles. The Labute approximate surface area is 117 Å². The van der Waals surface area contributed by atoms with E-state index in [4.69, 9.17) is 10.3 Å². The molecule has 0 amide bonds. The molecule has 0 aliphatic rings. The second-order valence-corrected chi connectivity index (χ2v) is 4.21. The summed E-state index contributed by atoms with van der Waals surface area (Å²) in [5, 5.41) is 12.9. The molecule has 21 heavy (non-hydrogen) atoms. The van der Waals surface area contributed by atoms with Crippen molar-refractivity contribution in [2.75, 3.05) is 18.9 Å². The standard InChI is InChI=1S/C12H12F3N3O3/c13-12(14,15)6-20-4-3-10-17-11(21-18-10)7-1-2-9(19)8(16)5-7/h1-2,5,19H,3-4,6,16H2. The van der Waals surface area contributed by atoms with E-state index in [9.17, 15) is 18.3 Å². The van der Waals surface area contributed by atoms with E-state index in [1.165, 1.54) is 18.2 Å². The summed E-state index contributed by atoms with van der Waals surface area (Å²) in [7, 11) is 0. The Kier molecular flexibility index (Phi) is 4.32. The van der Waals surface area contributed by atoms with E-state index < -0.39 is 12.8 Å². The van der Waals surface area contributed by atoms with Crippen molar-refractivity contribution in [3.63, 3.8) is 0 Å². The first kappa shape index (κ1) is 15.1. The Morgan fingerprint density at radius 3 is 2.76 bits per heavy atom. The van der Waals surface area contributed by atoms with Crippen LogP contribution in [0.5, 0.6) is 5.75 Å². The summed E-state index contributed by atoms with van der Waals surface area (Å²) in [5.74, 6) is 0.311. The molecule has 0 saturated carbocycles. The number of alkyl halides is 3. The number of ether oxygens (including phenoxy) is 1. The van der Waals surface area contributed by atoms with Gasteiger partial charge in [0.25, 0.3) is 5.89 Å². The number of rotatable bonds is 5. The van der Waals surface area contributed by atoms with Crippen molar-refractivity contribution in [2.24, 2.45) is 0 Å². The number of aromatic nitrogens is 2. The van der Waals surface area contributed by atoms with Crippen molar-refractivity contribution in [2.45, 2.75) is 12.6 Å². The van der Waals surface area contributed by atoms with Gasteiger partial charge in [0.15, 0.2) is 5.82 Å². The highest BCUT2D eigenvalue weighted by Crippen LogP contribution is 2.26. The second-order valence-electron chi connectivity index (χ2n) is 4.21. The Bertz CT molecular complexity index is 613. The number of phenolic OH excluding ortho intramolecular Hbond substituents is 1. The van der Waals surface area contributed by atoms with Crippen molar-refractivity contribution >= 4 is 5.69 Å². The summed E-state index contributed by atoms with van der Waals surface area (Å²) in [5.41, 5.74) is 6.19. The minimum Gasteiger partial charge on any atom is -0.506 e. The fourth-order valence-corrected chi connectivity index (χ4v) is 1.51. The van der Waals surface area contributed by atoms with Gasteiger partial charge < -0.3 is 20.1 Å². The lowest BCUT2D eigenvalue weighted by molar-refractivity contribution is -0.173. The third-order valence-electron chi connectivity index (χ3n) is 2.48. The normalized spacial score (nSPS) is 11.8. The molecule has 0 atom stereocenters. The molecule has 0 aliphatic carbocycles. The Morgan fingerprint density at radius 1 is 1.33 bits per heavy atom. The van der Waals surface area contributed by atoms with Crippen LogP contribution in [0, 0.1) is 0 Å².